The molecule has 128 valence electrons. The highest BCUT2D eigenvalue weighted by molar-refractivity contribution is 14.1. The van der Waals surface area contributed by atoms with E-state index >= 15 is 0 Å². The molecule has 0 bridgehead atoms. The van der Waals surface area contributed by atoms with Crippen LogP contribution in [0.3, 0.4) is 0 Å². The number of hydrogen-bond donors (Lipinski definition) is 0. The van der Waals surface area contributed by atoms with Gasteiger partial charge in [-0.25, -0.2) is 0 Å². The summed E-state index contributed by atoms with van der Waals surface area (Å²) in [6, 6.07) is 17.8. The smallest absolute Gasteiger partial charge is 0.270 e. The first-order valence-electron chi connectivity index (χ1n) is 7.40. The van der Waals surface area contributed by atoms with Crippen LogP contribution in [0.15, 0.2) is 63.5 Å². The van der Waals surface area contributed by atoms with E-state index < -0.39 is 4.92 Å². The molecule has 0 amide bonds. The van der Waals surface area contributed by atoms with Gasteiger partial charge in [0.2, 0.25) is 0 Å². The molecule has 1 heterocycles. The number of furan rings is 1. The van der Waals surface area contributed by atoms with Gasteiger partial charge >= 0.3 is 0 Å². The molecule has 7 heteroatoms. The number of nitrogens with zero attached hydrogens (tertiary/aromatic N) is 2. The molecule has 0 saturated carbocycles. The number of nitro groups is 1. The SMILES string of the molecule is N#C/C(=C/c1ccc(-c2ccc([N+](=O)[O-])cc2Br)o1)c1ccc(I)cc1. The zero-order valence-electron chi connectivity index (χ0n) is 13.1. The standard InChI is InChI=1S/C19H10BrIN2O3/c20-18-10-15(23(24)25)5-7-17(18)19-8-6-16(26-19)9-13(11-22)12-1-3-14(21)4-2-12/h1-10H/b13-9-. The van der Waals surface area contributed by atoms with E-state index in [0.29, 0.717) is 27.1 Å². The highest BCUT2D eigenvalue weighted by atomic mass is 127. The Morgan fingerprint density at radius 2 is 1.92 bits per heavy atom. The molecule has 0 aliphatic carbocycles. The van der Waals surface area contributed by atoms with Crippen LogP contribution >= 0.6 is 38.5 Å². The topological polar surface area (TPSA) is 80.1 Å². The summed E-state index contributed by atoms with van der Waals surface area (Å²) in [6.45, 7) is 0. The molecule has 0 unspecified atom stereocenters. The van der Waals surface area contributed by atoms with Crippen molar-refractivity contribution in [3.8, 4) is 17.4 Å². The van der Waals surface area contributed by atoms with Crippen LogP contribution in [0.1, 0.15) is 11.3 Å². The number of rotatable bonds is 4. The van der Waals surface area contributed by atoms with Gasteiger partial charge in [0.25, 0.3) is 5.69 Å². The van der Waals surface area contributed by atoms with E-state index in [2.05, 4.69) is 44.6 Å². The van der Waals surface area contributed by atoms with Gasteiger partial charge in [-0.3, -0.25) is 10.1 Å². The number of non-ortho nitro benzene ring substituents is 1. The predicted molar refractivity (Wildman–Crippen MR) is 111 cm³/mol. The average Bonchev–Trinajstić information content (AvgIpc) is 3.08. The van der Waals surface area contributed by atoms with Crippen molar-refractivity contribution in [2.24, 2.45) is 0 Å². The minimum Gasteiger partial charge on any atom is -0.457 e. The van der Waals surface area contributed by atoms with Gasteiger partial charge in [0, 0.05) is 25.7 Å². The number of benzene rings is 2. The van der Waals surface area contributed by atoms with Crippen molar-refractivity contribution < 1.29 is 9.34 Å². The number of hydrogen-bond acceptors (Lipinski definition) is 4. The van der Waals surface area contributed by atoms with Crippen LogP contribution in [0.2, 0.25) is 0 Å². The van der Waals surface area contributed by atoms with Gasteiger partial charge in [0.15, 0.2) is 0 Å². The molecule has 0 N–H and O–H groups in total. The lowest BCUT2D eigenvalue weighted by Crippen LogP contribution is -1.88. The minimum atomic E-state index is -0.453. The van der Waals surface area contributed by atoms with Crippen LogP contribution < -0.4 is 0 Å². The second-order valence-corrected chi connectivity index (χ2v) is 7.40. The molecule has 1 aromatic heterocycles. The minimum absolute atomic E-state index is 0.00206. The van der Waals surface area contributed by atoms with Gasteiger partial charge in [0.05, 0.1) is 16.6 Å². The molecule has 0 atom stereocenters. The zero-order chi connectivity index (χ0) is 18.7. The predicted octanol–water partition coefficient (Wildman–Crippen LogP) is 6.29. The molecule has 3 aromatic rings. The summed E-state index contributed by atoms with van der Waals surface area (Å²) in [7, 11) is 0. The first-order valence-corrected chi connectivity index (χ1v) is 9.27. The number of nitro benzene ring substituents is 1. The fraction of sp³-hybridized carbons (Fsp3) is 0. The Morgan fingerprint density at radius 1 is 1.19 bits per heavy atom. The number of nitriles is 1. The molecular formula is C19H10BrIN2O3. The largest absolute Gasteiger partial charge is 0.457 e. The maximum absolute atomic E-state index is 10.8. The summed E-state index contributed by atoms with van der Waals surface area (Å²) in [5.74, 6) is 1.08. The van der Waals surface area contributed by atoms with E-state index in [4.69, 9.17) is 4.42 Å². The second-order valence-electron chi connectivity index (χ2n) is 5.30. The van der Waals surface area contributed by atoms with Crippen LogP contribution in [0.25, 0.3) is 23.0 Å². The summed E-state index contributed by atoms with van der Waals surface area (Å²) in [4.78, 5) is 10.4. The van der Waals surface area contributed by atoms with Crippen molar-refractivity contribution >= 4 is 55.9 Å². The van der Waals surface area contributed by atoms with E-state index in [-0.39, 0.29) is 5.69 Å². The highest BCUT2D eigenvalue weighted by Gasteiger charge is 2.13. The Balaban J connectivity index is 1.93. The Morgan fingerprint density at radius 3 is 2.54 bits per heavy atom. The molecule has 0 saturated heterocycles. The van der Waals surface area contributed by atoms with Crippen molar-refractivity contribution in [1.29, 1.82) is 5.26 Å². The molecule has 3 rings (SSSR count). The first kappa shape index (κ1) is 18.4. The van der Waals surface area contributed by atoms with Crippen molar-refractivity contribution in [1.82, 2.24) is 0 Å². The number of halogens is 2. The van der Waals surface area contributed by atoms with E-state index in [0.717, 1.165) is 9.13 Å². The quantitative estimate of drug-likeness (QED) is 0.175. The van der Waals surface area contributed by atoms with E-state index in [1.165, 1.54) is 12.1 Å². The molecule has 0 aliphatic heterocycles. The van der Waals surface area contributed by atoms with Gasteiger partial charge in [-0.15, -0.1) is 0 Å². The fourth-order valence-electron chi connectivity index (χ4n) is 2.34. The molecule has 5 nitrogen and oxygen atoms in total. The Kier molecular flexibility index (Phi) is 5.54. The fourth-order valence-corrected chi connectivity index (χ4v) is 3.27. The Labute approximate surface area is 171 Å². The second kappa shape index (κ2) is 7.85. The first-order chi connectivity index (χ1) is 12.5. The summed E-state index contributed by atoms with van der Waals surface area (Å²) in [5, 5.41) is 20.3. The van der Waals surface area contributed by atoms with Crippen molar-refractivity contribution in [2.75, 3.05) is 0 Å². The Hall–Kier alpha value is -2.44. The van der Waals surface area contributed by atoms with Crippen LogP contribution in [0.5, 0.6) is 0 Å². The third-order valence-electron chi connectivity index (χ3n) is 3.62. The molecule has 0 aliphatic rings. The normalized spacial score (nSPS) is 11.2. The van der Waals surface area contributed by atoms with Gasteiger partial charge in [-0.2, -0.15) is 5.26 Å². The lowest BCUT2D eigenvalue weighted by Gasteiger charge is -2.01. The van der Waals surface area contributed by atoms with Crippen molar-refractivity contribution in [2.45, 2.75) is 0 Å². The molecular weight excluding hydrogens is 511 g/mol. The van der Waals surface area contributed by atoms with E-state index in [9.17, 15) is 15.4 Å². The summed E-state index contributed by atoms with van der Waals surface area (Å²) in [5.41, 5.74) is 1.99. The van der Waals surface area contributed by atoms with E-state index in [1.807, 2.05) is 24.3 Å². The van der Waals surface area contributed by atoms with Crippen molar-refractivity contribution in [3.63, 3.8) is 0 Å². The van der Waals surface area contributed by atoms with E-state index in [1.54, 1.807) is 24.3 Å². The van der Waals surface area contributed by atoms with Crippen LogP contribution in [-0.2, 0) is 0 Å². The summed E-state index contributed by atoms with van der Waals surface area (Å²) >= 11 is 5.54. The number of allylic oxidation sites excluding steroid dienone is 1. The maximum atomic E-state index is 10.8. The van der Waals surface area contributed by atoms with Crippen LogP contribution in [0.4, 0.5) is 5.69 Å². The summed E-state index contributed by atoms with van der Waals surface area (Å²) in [6.07, 6.45) is 1.67. The van der Waals surface area contributed by atoms with Gasteiger partial charge in [0.1, 0.15) is 11.5 Å². The van der Waals surface area contributed by atoms with Gasteiger partial charge < -0.3 is 4.42 Å². The lowest BCUT2D eigenvalue weighted by molar-refractivity contribution is -0.384. The molecule has 0 spiro atoms. The van der Waals surface area contributed by atoms with Gasteiger partial charge in [-0.1, -0.05) is 12.1 Å². The zero-order valence-corrected chi connectivity index (χ0v) is 16.9. The molecule has 0 radical (unpaired) electrons. The van der Waals surface area contributed by atoms with Crippen LogP contribution in [0, 0.1) is 25.0 Å². The van der Waals surface area contributed by atoms with Gasteiger partial charge in [-0.05, 0) is 80.5 Å². The molecule has 0 fully saturated rings. The maximum Gasteiger partial charge on any atom is 0.270 e. The van der Waals surface area contributed by atoms with Crippen LogP contribution in [-0.4, -0.2) is 4.92 Å². The van der Waals surface area contributed by atoms with Crippen molar-refractivity contribution in [3.05, 3.63) is 84.1 Å². The molecule has 26 heavy (non-hydrogen) atoms. The molecule has 2 aromatic carbocycles. The third kappa shape index (κ3) is 4.03. The highest BCUT2D eigenvalue weighted by Crippen LogP contribution is 2.33. The summed E-state index contributed by atoms with van der Waals surface area (Å²) < 4.78 is 7.45. The monoisotopic (exact) mass is 520 g/mol. The average molecular weight is 521 g/mol. The lowest BCUT2D eigenvalue weighted by atomic mass is 10.1. The Bertz CT molecular complexity index is 1050. The third-order valence-corrected chi connectivity index (χ3v) is 4.99.